The summed E-state index contributed by atoms with van der Waals surface area (Å²) in [7, 11) is 1.51. The molecule has 1 aromatic carbocycles. The molecule has 2 aromatic rings. The Kier molecular flexibility index (Phi) is 7.45. The molecule has 2 heterocycles. The van der Waals surface area contributed by atoms with Gasteiger partial charge in [-0.3, -0.25) is 14.2 Å². The second-order valence-electron chi connectivity index (χ2n) is 7.89. The van der Waals surface area contributed by atoms with Crippen LogP contribution in [-0.2, 0) is 19.0 Å². The van der Waals surface area contributed by atoms with Crippen molar-refractivity contribution in [3.63, 3.8) is 0 Å². The minimum atomic E-state index is -0.972. The Bertz CT molecular complexity index is 1070. The van der Waals surface area contributed by atoms with E-state index in [4.69, 9.17) is 14.2 Å². The van der Waals surface area contributed by atoms with E-state index in [1.807, 2.05) is 13.8 Å². The van der Waals surface area contributed by atoms with Crippen LogP contribution in [0, 0.1) is 5.92 Å². The summed E-state index contributed by atoms with van der Waals surface area (Å²) >= 11 is 0. The van der Waals surface area contributed by atoms with E-state index in [9.17, 15) is 14.4 Å². The van der Waals surface area contributed by atoms with Crippen LogP contribution in [0.4, 0.5) is 5.82 Å². The van der Waals surface area contributed by atoms with Crippen molar-refractivity contribution in [2.45, 2.75) is 51.2 Å². The zero-order valence-electron chi connectivity index (χ0n) is 19.2. The number of methoxy groups -OCH3 is 1. The molecule has 5 atom stereocenters. The quantitative estimate of drug-likeness (QED) is 0.481. The van der Waals surface area contributed by atoms with Crippen molar-refractivity contribution in [3.05, 3.63) is 71.3 Å². The van der Waals surface area contributed by atoms with Gasteiger partial charge in [0.15, 0.2) is 12.3 Å². The lowest BCUT2D eigenvalue weighted by molar-refractivity contribution is -0.156. The predicted octanol–water partition coefficient (Wildman–Crippen LogP) is 2.94. The van der Waals surface area contributed by atoms with Crippen LogP contribution in [0.25, 0.3) is 0 Å². The molecule has 3 rings (SSSR count). The number of rotatable bonds is 8. The highest BCUT2D eigenvalue weighted by Crippen LogP contribution is 2.46. The number of nitrogens with one attached hydrogen (secondary N) is 1. The zero-order valence-corrected chi connectivity index (χ0v) is 19.2. The van der Waals surface area contributed by atoms with Crippen LogP contribution in [0.3, 0.4) is 0 Å². The van der Waals surface area contributed by atoms with Gasteiger partial charge in [0.1, 0.15) is 17.5 Å². The van der Waals surface area contributed by atoms with Gasteiger partial charge in [-0.1, -0.05) is 38.1 Å². The van der Waals surface area contributed by atoms with Crippen molar-refractivity contribution in [1.82, 2.24) is 9.55 Å². The van der Waals surface area contributed by atoms with Crippen molar-refractivity contribution >= 4 is 17.7 Å². The van der Waals surface area contributed by atoms with Gasteiger partial charge in [0, 0.05) is 31.7 Å². The number of ether oxygens (including phenoxy) is 3. The van der Waals surface area contributed by atoms with Crippen molar-refractivity contribution in [2.24, 2.45) is 5.92 Å². The van der Waals surface area contributed by atoms with E-state index in [0.29, 0.717) is 12.0 Å². The van der Waals surface area contributed by atoms with E-state index in [0.717, 1.165) is 0 Å². The van der Waals surface area contributed by atoms with Gasteiger partial charge in [-0.05, 0) is 24.6 Å². The molecule has 1 saturated heterocycles. The molecule has 176 valence electrons. The van der Waals surface area contributed by atoms with E-state index < -0.39 is 35.7 Å². The Balaban J connectivity index is 1.95. The zero-order chi connectivity index (χ0) is 24.2. The van der Waals surface area contributed by atoms with Crippen molar-refractivity contribution in [2.75, 3.05) is 12.4 Å². The van der Waals surface area contributed by atoms with Gasteiger partial charge >= 0.3 is 11.7 Å². The number of nitrogens with zero attached hydrogens (tertiary/aromatic N) is 2. The lowest BCUT2D eigenvalue weighted by Gasteiger charge is -2.37. The van der Waals surface area contributed by atoms with Gasteiger partial charge in [0.2, 0.25) is 0 Å². The maximum Gasteiger partial charge on any atom is 0.351 e. The molecule has 9 nitrogen and oxygen atoms in total. The minimum Gasteiger partial charge on any atom is -0.455 e. The molecule has 1 amide bonds. The smallest absolute Gasteiger partial charge is 0.351 e. The molecular formula is C24H29N3O6. The molecule has 0 saturated carbocycles. The third-order valence-corrected chi connectivity index (χ3v) is 6.02. The van der Waals surface area contributed by atoms with Gasteiger partial charge < -0.3 is 19.5 Å². The fraction of sp³-hybridized carbons (Fsp3) is 0.417. The molecular weight excluding hydrogens is 426 g/mol. The standard InChI is InChI=1S/C24H29N3O6/c1-6-15(3)24(7-2)20(31-5)19(32-16(4)28)22(33-24)27-14-13-18(26-23(27)30)25-21(29)17-11-9-8-10-12-17/h6,8-15,19-20,22H,1,7H2,2-5H3,(H,25,26,29,30)/t15-,19+,20-,22+,24+/m0/s1. The number of esters is 1. The highest BCUT2D eigenvalue weighted by molar-refractivity contribution is 6.03. The summed E-state index contributed by atoms with van der Waals surface area (Å²) in [6.07, 6.45) is 1.22. The molecule has 9 heteroatoms. The van der Waals surface area contributed by atoms with Gasteiger partial charge in [-0.25, -0.2) is 4.79 Å². The average molecular weight is 456 g/mol. The Morgan fingerprint density at radius 3 is 2.58 bits per heavy atom. The first kappa shape index (κ1) is 24.3. The van der Waals surface area contributed by atoms with Gasteiger partial charge in [-0.15, -0.1) is 6.58 Å². The number of hydrogen-bond donors (Lipinski definition) is 1. The van der Waals surface area contributed by atoms with Crippen LogP contribution in [0.15, 0.2) is 60.0 Å². The summed E-state index contributed by atoms with van der Waals surface area (Å²) in [6, 6.07) is 10.1. The molecule has 0 unspecified atom stereocenters. The molecule has 1 aliphatic rings. The maximum absolute atomic E-state index is 12.9. The predicted molar refractivity (Wildman–Crippen MR) is 122 cm³/mol. The third-order valence-electron chi connectivity index (χ3n) is 6.02. The van der Waals surface area contributed by atoms with E-state index in [1.54, 1.807) is 36.4 Å². The summed E-state index contributed by atoms with van der Waals surface area (Å²) in [5.74, 6) is -0.985. The van der Waals surface area contributed by atoms with Crippen LogP contribution >= 0.6 is 0 Å². The summed E-state index contributed by atoms with van der Waals surface area (Å²) in [5, 5.41) is 2.61. The molecule has 33 heavy (non-hydrogen) atoms. The minimum absolute atomic E-state index is 0.0941. The fourth-order valence-corrected chi connectivity index (χ4v) is 4.27. The summed E-state index contributed by atoms with van der Waals surface area (Å²) in [4.78, 5) is 41.2. The fourth-order valence-electron chi connectivity index (χ4n) is 4.27. The lowest BCUT2D eigenvalue weighted by atomic mass is 9.81. The third kappa shape index (κ3) is 4.74. The van der Waals surface area contributed by atoms with Crippen LogP contribution in [-0.4, -0.2) is 46.3 Å². The molecule has 1 fully saturated rings. The second-order valence-corrected chi connectivity index (χ2v) is 7.89. The molecule has 0 bridgehead atoms. The van der Waals surface area contributed by atoms with E-state index in [1.165, 1.54) is 30.9 Å². The van der Waals surface area contributed by atoms with Gasteiger partial charge in [0.25, 0.3) is 5.91 Å². The molecule has 1 N–H and O–H groups in total. The number of anilines is 1. The Morgan fingerprint density at radius 2 is 2.03 bits per heavy atom. The number of amides is 1. The lowest BCUT2D eigenvalue weighted by Crippen LogP contribution is -2.49. The molecule has 1 aromatic heterocycles. The van der Waals surface area contributed by atoms with Gasteiger partial charge in [0.05, 0.1) is 0 Å². The summed E-state index contributed by atoms with van der Waals surface area (Å²) in [6.45, 7) is 9.02. The van der Waals surface area contributed by atoms with Crippen molar-refractivity contribution < 1.29 is 23.8 Å². The Morgan fingerprint density at radius 1 is 1.33 bits per heavy atom. The SMILES string of the molecule is C=C[C@H](C)[C@@]1(CC)O[C@@H](n2ccc(NC(=O)c3ccccc3)nc2=O)[C@H](OC(C)=O)[C@@H]1OC. The number of benzene rings is 1. The first-order chi connectivity index (χ1) is 15.8. The largest absolute Gasteiger partial charge is 0.455 e. The maximum atomic E-state index is 12.9. The first-order valence-corrected chi connectivity index (χ1v) is 10.7. The summed E-state index contributed by atoms with van der Waals surface area (Å²) < 4.78 is 18.9. The van der Waals surface area contributed by atoms with E-state index in [-0.39, 0.29) is 17.6 Å². The van der Waals surface area contributed by atoms with Crippen LogP contribution < -0.4 is 11.0 Å². The number of carbonyl (C=O) groups excluding carboxylic acids is 2. The Hall–Kier alpha value is -3.30. The number of hydrogen-bond acceptors (Lipinski definition) is 7. The van der Waals surface area contributed by atoms with Gasteiger partial charge in [-0.2, -0.15) is 4.98 Å². The van der Waals surface area contributed by atoms with E-state index in [2.05, 4.69) is 16.9 Å². The van der Waals surface area contributed by atoms with E-state index >= 15 is 0 Å². The van der Waals surface area contributed by atoms with Crippen molar-refractivity contribution in [3.8, 4) is 0 Å². The number of carbonyl (C=O) groups is 2. The van der Waals surface area contributed by atoms with Crippen LogP contribution in [0.5, 0.6) is 0 Å². The topological polar surface area (TPSA) is 109 Å². The first-order valence-electron chi connectivity index (χ1n) is 10.7. The Labute approximate surface area is 192 Å². The highest BCUT2D eigenvalue weighted by Gasteiger charge is 2.59. The normalized spacial score (nSPS) is 25.3. The van der Waals surface area contributed by atoms with Crippen LogP contribution in [0.2, 0.25) is 0 Å². The average Bonchev–Trinajstić information content (AvgIpc) is 3.12. The molecule has 0 spiro atoms. The van der Waals surface area contributed by atoms with Crippen LogP contribution in [0.1, 0.15) is 43.8 Å². The monoisotopic (exact) mass is 455 g/mol. The molecule has 1 aliphatic heterocycles. The molecule has 0 radical (unpaired) electrons. The highest BCUT2D eigenvalue weighted by atomic mass is 16.6. The number of aromatic nitrogens is 2. The second kappa shape index (κ2) is 10.1. The molecule has 0 aliphatic carbocycles. The van der Waals surface area contributed by atoms with Crippen molar-refractivity contribution in [1.29, 1.82) is 0 Å². The summed E-state index contributed by atoms with van der Waals surface area (Å²) in [5.41, 5.74) is -1.11.